The summed E-state index contributed by atoms with van der Waals surface area (Å²) >= 11 is 0. The fraction of sp³-hybridized carbons (Fsp3) is 0.516. The summed E-state index contributed by atoms with van der Waals surface area (Å²) < 4.78 is 44.1. The van der Waals surface area contributed by atoms with Crippen LogP contribution in [0, 0.1) is 0 Å². The molecule has 2 amide bonds. The van der Waals surface area contributed by atoms with Gasteiger partial charge in [-0.2, -0.15) is 0 Å². The third kappa shape index (κ3) is 7.27. The van der Waals surface area contributed by atoms with E-state index in [0.29, 0.717) is 87.7 Å². The van der Waals surface area contributed by atoms with Gasteiger partial charge >= 0.3 is 6.09 Å². The van der Waals surface area contributed by atoms with Gasteiger partial charge in [-0.1, -0.05) is 18.2 Å². The van der Waals surface area contributed by atoms with Crippen LogP contribution in [-0.4, -0.2) is 93.2 Å². The molecule has 0 bridgehead atoms. The zero-order chi connectivity index (χ0) is 31.3. The van der Waals surface area contributed by atoms with E-state index < -0.39 is 10.0 Å². The van der Waals surface area contributed by atoms with E-state index in [-0.39, 0.29) is 36.5 Å². The van der Waals surface area contributed by atoms with E-state index in [0.717, 1.165) is 11.3 Å². The Morgan fingerprint density at radius 1 is 1.07 bits per heavy atom. The first-order valence-electron chi connectivity index (χ1n) is 15.1. The molecule has 0 aliphatic carbocycles. The third-order valence-electron chi connectivity index (χ3n) is 8.34. The van der Waals surface area contributed by atoms with Gasteiger partial charge in [0.2, 0.25) is 10.0 Å². The second-order valence-electron chi connectivity index (χ2n) is 11.3. The van der Waals surface area contributed by atoms with Gasteiger partial charge in [-0.25, -0.2) is 17.5 Å². The maximum Gasteiger partial charge on any atom is 0.414 e. The number of ether oxygens (including phenoxy) is 3. The van der Waals surface area contributed by atoms with E-state index >= 15 is 0 Å². The summed E-state index contributed by atoms with van der Waals surface area (Å²) in [5, 5.41) is 0. The number of carbonyl (C=O) groups excluding carboxylic acids is 2. The second kappa shape index (κ2) is 13.9. The number of hydrogen-bond acceptors (Lipinski definition) is 8. The average molecular weight is 628 g/mol. The minimum atomic E-state index is -3.36. The smallest absolute Gasteiger partial charge is 0.414 e. The number of anilines is 1. The first-order chi connectivity index (χ1) is 21.2. The molecule has 13 heteroatoms. The Morgan fingerprint density at radius 2 is 1.80 bits per heavy atom. The summed E-state index contributed by atoms with van der Waals surface area (Å²) in [4.78, 5) is 33.7. The van der Waals surface area contributed by atoms with Gasteiger partial charge in [0, 0.05) is 50.4 Å². The van der Waals surface area contributed by atoms with Crippen LogP contribution < -0.4 is 20.1 Å². The number of piperidine rings is 2. The van der Waals surface area contributed by atoms with Crippen molar-refractivity contribution in [1.29, 1.82) is 0 Å². The molecule has 0 atom stereocenters. The normalized spacial score (nSPS) is 19.0. The Hall–Kier alpha value is -3.84. The lowest BCUT2D eigenvalue weighted by Gasteiger charge is -2.40. The average Bonchev–Trinajstić information content (AvgIpc) is 3.03. The van der Waals surface area contributed by atoms with E-state index in [1.807, 2.05) is 24.3 Å². The molecule has 2 N–H and O–H groups in total. The number of cyclic esters (lactones) is 1. The molecule has 3 aliphatic heterocycles. The number of aliphatic imine (C=N–C) groups is 1. The van der Waals surface area contributed by atoms with Crippen molar-refractivity contribution in [3.8, 4) is 11.5 Å². The van der Waals surface area contributed by atoms with Gasteiger partial charge in [-0.3, -0.25) is 14.7 Å². The van der Waals surface area contributed by atoms with Gasteiger partial charge in [0.05, 0.1) is 29.9 Å². The van der Waals surface area contributed by atoms with Crippen molar-refractivity contribution in [2.45, 2.75) is 57.8 Å². The van der Waals surface area contributed by atoms with Crippen LogP contribution in [0.15, 0.2) is 47.5 Å². The van der Waals surface area contributed by atoms with Crippen LogP contribution in [0.1, 0.15) is 54.9 Å². The minimum Gasteiger partial charge on any atom is -0.496 e. The zero-order valence-electron chi connectivity index (χ0n) is 25.3. The molecule has 12 nitrogen and oxygen atoms in total. The van der Waals surface area contributed by atoms with Crippen molar-refractivity contribution >= 4 is 33.5 Å². The highest BCUT2D eigenvalue weighted by molar-refractivity contribution is 7.89. The molecule has 0 saturated carbocycles. The van der Waals surface area contributed by atoms with Crippen LogP contribution in [0.5, 0.6) is 11.5 Å². The van der Waals surface area contributed by atoms with Crippen LogP contribution in [0.4, 0.5) is 10.5 Å². The van der Waals surface area contributed by atoms with Crippen molar-refractivity contribution in [1.82, 2.24) is 9.21 Å². The minimum absolute atomic E-state index is 0.0401. The second-order valence-corrected chi connectivity index (χ2v) is 13.4. The van der Waals surface area contributed by atoms with Crippen molar-refractivity contribution in [3.63, 3.8) is 0 Å². The lowest BCUT2D eigenvalue weighted by Crippen LogP contribution is -2.50. The number of sulfonamides is 1. The summed E-state index contributed by atoms with van der Waals surface area (Å²) in [7, 11) is -1.84. The summed E-state index contributed by atoms with van der Waals surface area (Å²) in [6.45, 7) is 4.11. The molecule has 0 spiro atoms. The Balaban J connectivity index is 1.14. The van der Waals surface area contributed by atoms with Crippen LogP contribution in [0.2, 0.25) is 0 Å². The predicted molar refractivity (Wildman–Crippen MR) is 167 cm³/mol. The molecule has 44 heavy (non-hydrogen) atoms. The summed E-state index contributed by atoms with van der Waals surface area (Å²) in [6.07, 6.45) is 2.32. The molecule has 3 aliphatic rings. The summed E-state index contributed by atoms with van der Waals surface area (Å²) in [6, 6.07) is 12.9. The number of amidine groups is 1. The quantitative estimate of drug-likeness (QED) is 0.240. The molecule has 2 aromatic carbocycles. The van der Waals surface area contributed by atoms with Crippen LogP contribution >= 0.6 is 0 Å². The van der Waals surface area contributed by atoms with Crippen molar-refractivity contribution in [3.05, 3.63) is 53.6 Å². The van der Waals surface area contributed by atoms with Gasteiger partial charge in [0.15, 0.2) is 0 Å². The number of benzene rings is 2. The van der Waals surface area contributed by atoms with Crippen LogP contribution in [-0.2, 0) is 21.4 Å². The fourth-order valence-electron chi connectivity index (χ4n) is 5.99. The number of carbonyl (C=O) groups is 2. The number of hydrogen-bond donors (Lipinski definition) is 1. The number of methoxy groups -OCH3 is 1. The maximum absolute atomic E-state index is 13.5. The standard InChI is InChI=1S/C31H41N5O7S/c1-22(32)33-14-5-19-44(39,40)35-17-12-25(13-18-35)43-26-8-9-27(29(20-26)41-2)30(37)34-15-10-24(11-16-34)36-28-7-4-3-6-23(28)21-42-31(36)38/h3-4,6-9,20,24-25H,5,10-19,21H2,1-2H3,(H2,32,33). The zero-order valence-corrected chi connectivity index (χ0v) is 26.1. The number of fused-ring (bicyclic) bond motifs is 1. The van der Waals surface area contributed by atoms with Crippen LogP contribution in [0.25, 0.3) is 0 Å². The van der Waals surface area contributed by atoms with Crippen molar-refractivity contribution < 1.29 is 32.2 Å². The molecular formula is C31H41N5O7S. The lowest BCUT2D eigenvalue weighted by atomic mass is 10.00. The molecule has 238 valence electrons. The molecule has 0 radical (unpaired) electrons. The van der Waals surface area contributed by atoms with E-state index in [1.54, 1.807) is 34.9 Å². The first-order valence-corrected chi connectivity index (χ1v) is 16.7. The Labute approximate surface area is 258 Å². The largest absolute Gasteiger partial charge is 0.496 e. The molecule has 2 aromatic rings. The molecular weight excluding hydrogens is 586 g/mol. The van der Waals surface area contributed by atoms with E-state index in [1.165, 1.54) is 11.4 Å². The Morgan fingerprint density at radius 3 is 2.50 bits per heavy atom. The molecule has 0 unspecified atom stereocenters. The fourth-order valence-corrected chi connectivity index (χ4v) is 7.51. The highest BCUT2D eigenvalue weighted by Gasteiger charge is 2.36. The summed E-state index contributed by atoms with van der Waals surface area (Å²) in [5.74, 6) is 1.33. The number of nitrogens with zero attached hydrogens (tertiary/aromatic N) is 4. The van der Waals surface area contributed by atoms with Gasteiger partial charge in [0.1, 0.15) is 24.2 Å². The van der Waals surface area contributed by atoms with Gasteiger partial charge in [-0.05, 0) is 57.2 Å². The topological polar surface area (TPSA) is 144 Å². The Kier molecular flexibility index (Phi) is 9.94. The highest BCUT2D eigenvalue weighted by Crippen LogP contribution is 2.33. The van der Waals surface area contributed by atoms with Crippen molar-refractivity contribution in [2.24, 2.45) is 10.7 Å². The van der Waals surface area contributed by atoms with Crippen LogP contribution in [0.3, 0.4) is 0 Å². The maximum atomic E-state index is 13.5. The molecule has 3 heterocycles. The number of likely N-dealkylation sites (tertiary alicyclic amines) is 1. The highest BCUT2D eigenvalue weighted by atomic mass is 32.2. The lowest BCUT2D eigenvalue weighted by molar-refractivity contribution is 0.0705. The molecule has 2 fully saturated rings. The number of para-hydroxylation sites is 1. The SMILES string of the molecule is COc1cc(OC2CCN(S(=O)(=O)CCCN=C(C)N)CC2)ccc1C(=O)N1CCC(N2C(=O)OCc3ccccc32)CC1. The van der Waals surface area contributed by atoms with E-state index in [4.69, 9.17) is 19.9 Å². The summed E-state index contributed by atoms with van der Waals surface area (Å²) in [5.41, 5.74) is 7.82. The Bertz CT molecular complexity index is 1480. The number of nitrogens with two attached hydrogens (primary N) is 1. The van der Waals surface area contributed by atoms with Gasteiger partial charge < -0.3 is 24.8 Å². The molecule has 2 saturated heterocycles. The molecule has 0 aromatic heterocycles. The monoisotopic (exact) mass is 627 g/mol. The first kappa shape index (κ1) is 31.6. The number of amides is 2. The van der Waals surface area contributed by atoms with E-state index in [9.17, 15) is 18.0 Å². The third-order valence-corrected chi connectivity index (χ3v) is 10.3. The van der Waals surface area contributed by atoms with E-state index in [2.05, 4.69) is 4.99 Å². The number of rotatable bonds is 10. The van der Waals surface area contributed by atoms with Crippen molar-refractivity contribution in [2.75, 3.05) is 50.5 Å². The predicted octanol–water partition coefficient (Wildman–Crippen LogP) is 3.40. The molecule has 5 rings (SSSR count). The van der Waals surface area contributed by atoms with Gasteiger partial charge in [0.25, 0.3) is 5.91 Å². The van der Waals surface area contributed by atoms with Gasteiger partial charge in [-0.15, -0.1) is 0 Å².